The Morgan fingerprint density at radius 1 is 0.960 bits per heavy atom. The predicted molar refractivity (Wildman–Crippen MR) is 196 cm³/mol. The number of nitrogens with zero attached hydrogens (tertiary/aromatic N) is 2. The highest BCUT2D eigenvalue weighted by atomic mass is 32.2. The summed E-state index contributed by atoms with van der Waals surface area (Å²) >= 11 is 0. The van der Waals surface area contributed by atoms with Gasteiger partial charge < -0.3 is 9.15 Å². The van der Waals surface area contributed by atoms with Gasteiger partial charge in [0.2, 0.25) is 10.0 Å². The molecule has 0 saturated carbocycles. The van der Waals surface area contributed by atoms with Crippen molar-refractivity contribution in [2.75, 3.05) is 24.2 Å². The number of hydrogen-bond acceptors (Lipinski definition) is 7. The minimum Gasteiger partial charge on any atom is -0.497 e. The molecule has 256 valence electrons. The van der Waals surface area contributed by atoms with Crippen molar-refractivity contribution in [2.24, 2.45) is 5.41 Å². The second-order valence-corrected chi connectivity index (χ2v) is 15.0. The normalized spacial score (nSPS) is 15.7. The van der Waals surface area contributed by atoms with Gasteiger partial charge in [0.1, 0.15) is 17.1 Å². The lowest BCUT2D eigenvalue weighted by Gasteiger charge is -2.32. The molecular formula is C41H40N2O6S. The number of ketones is 2. The number of hydrogen-bond donors (Lipinski definition) is 0. The third-order valence-electron chi connectivity index (χ3n) is 9.72. The van der Waals surface area contributed by atoms with Crippen molar-refractivity contribution in [1.82, 2.24) is 0 Å². The molecule has 1 unspecified atom stereocenters. The maximum absolute atomic E-state index is 13.9. The highest BCUT2D eigenvalue weighted by Crippen LogP contribution is 2.43. The molecule has 0 N–H and O–H groups in total. The van der Waals surface area contributed by atoms with Gasteiger partial charge in [-0.15, -0.1) is 0 Å². The zero-order chi connectivity index (χ0) is 35.8. The summed E-state index contributed by atoms with van der Waals surface area (Å²) < 4.78 is 39.2. The van der Waals surface area contributed by atoms with Gasteiger partial charge in [-0.05, 0) is 74.1 Å². The fraction of sp³-hybridized carbons (Fsp3) is 0.293. The Bertz CT molecular complexity index is 2280. The Labute approximate surface area is 293 Å². The van der Waals surface area contributed by atoms with Crippen LogP contribution in [0.1, 0.15) is 70.5 Å². The van der Waals surface area contributed by atoms with Crippen LogP contribution >= 0.6 is 0 Å². The molecule has 6 rings (SSSR count). The molecule has 0 bridgehead atoms. The molecule has 8 nitrogen and oxygen atoms in total. The van der Waals surface area contributed by atoms with Crippen molar-refractivity contribution < 1.29 is 27.2 Å². The molecule has 0 fully saturated rings. The molecule has 0 saturated heterocycles. The van der Waals surface area contributed by atoms with Crippen LogP contribution in [-0.2, 0) is 22.9 Å². The molecule has 9 heteroatoms. The highest BCUT2D eigenvalue weighted by molar-refractivity contribution is 7.92. The maximum Gasteiger partial charge on any atom is 0.232 e. The largest absolute Gasteiger partial charge is 0.497 e. The molecule has 1 aliphatic carbocycles. The quantitative estimate of drug-likeness (QED) is 0.127. The van der Waals surface area contributed by atoms with Gasteiger partial charge in [-0.25, -0.2) is 8.42 Å². The van der Waals surface area contributed by atoms with E-state index in [1.165, 1.54) is 4.31 Å². The van der Waals surface area contributed by atoms with E-state index < -0.39 is 15.4 Å². The average molecular weight is 689 g/mol. The molecule has 0 aliphatic heterocycles. The van der Waals surface area contributed by atoms with E-state index in [0.29, 0.717) is 63.9 Å². The van der Waals surface area contributed by atoms with Gasteiger partial charge in [0.05, 0.1) is 36.1 Å². The van der Waals surface area contributed by atoms with Gasteiger partial charge in [-0.2, -0.15) is 5.26 Å². The van der Waals surface area contributed by atoms with Crippen LogP contribution in [0.25, 0.3) is 33.4 Å². The third-order valence-corrected chi connectivity index (χ3v) is 11.0. The predicted octanol–water partition coefficient (Wildman–Crippen LogP) is 8.73. The van der Waals surface area contributed by atoms with Crippen molar-refractivity contribution in [3.63, 3.8) is 0 Å². The Hall–Kier alpha value is -5.20. The lowest BCUT2D eigenvalue weighted by atomic mass is 9.69. The standard InChI is InChI=1S/C41H40N2O6S/c1-6-36(44)39-34-21-33(35(43(7-2)50(5,46)47)22-38(34)49-40(39)27-13-11-26(3)12-14-27)29-9-8-10-30(19-29)37(45)24-41(25-42)18-17-28-20-32(48-4)16-15-31(28)23-41/h8-16,19-22H,6-7,17-18,23-24H2,1-5H3. The van der Waals surface area contributed by atoms with E-state index in [0.717, 1.165) is 34.3 Å². The molecule has 1 atom stereocenters. The van der Waals surface area contributed by atoms with Crippen LogP contribution in [0.3, 0.4) is 0 Å². The van der Waals surface area contributed by atoms with E-state index >= 15 is 0 Å². The van der Waals surface area contributed by atoms with Crippen molar-refractivity contribution in [1.29, 1.82) is 5.26 Å². The summed E-state index contributed by atoms with van der Waals surface area (Å²) in [6, 6.07) is 26.6. The first-order chi connectivity index (χ1) is 23.9. The number of carbonyl (C=O) groups excluding carboxylic acids is 2. The number of fused-ring (bicyclic) bond motifs is 2. The van der Waals surface area contributed by atoms with Crippen molar-refractivity contribution in [3.8, 4) is 34.3 Å². The fourth-order valence-corrected chi connectivity index (χ4v) is 8.01. The first-order valence-electron chi connectivity index (χ1n) is 16.8. The molecule has 4 aromatic carbocycles. The van der Waals surface area contributed by atoms with E-state index in [9.17, 15) is 23.3 Å². The summed E-state index contributed by atoms with van der Waals surface area (Å²) in [6.07, 6.45) is 3.13. The van der Waals surface area contributed by atoms with Gasteiger partial charge in [-0.3, -0.25) is 13.9 Å². The minimum atomic E-state index is -3.72. The average Bonchev–Trinajstić information content (AvgIpc) is 3.49. The summed E-state index contributed by atoms with van der Waals surface area (Å²) in [5.41, 5.74) is 5.88. The molecule has 1 heterocycles. The number of ether oxygens (including phenoxy) is 1. The number of aryl methyl sites for hydroxylation is 2. The summed E-state index contributed by atoms with van der Waals surface area (Å²) in [6.45, 7) is 5.68. The summed E-state index contributed by atoms with van der Waals surface area (Å²) in [5, 5.41) is 10.9. The second kappa shape index (κ2) is 13.6. The highest BCUT2D eigenvalue weighted by Gasteiger charge is 2.37. The van der Waals surface area contributed by atoms with E-state index in [-0.39, 0.29) is 31.0 Å². The number of sulfonamides is 1. The van der Waals surface area contributed by atoms with Crippen molar-refractivity contribution in [2.45, 2.75) is 52.9 Å². The van der Waals surface area contributed by atoms with Gasteiger partial charge in [0.15, 0.2) is 11.6 Å². The molecule has 1 aliphatic rings. The first kappa shape index (κ1) is 34.7. The Morgan fingerprint density at radius 3 is 2.38 bits per heavy atom. The lowest BCUT2D eigenvalue weighted by Crippen LogP contribution is -2.30. The SMILES string of the molecule is CCC(=O)c1c(-c2ccc(C)cc2)oc2cc(N(CC)S(C)(=O)=O)c(-c3cccc(C(=O)CC4(C#N)CCc5cc(OC)ccc5C4)c3)cc12. The first-order valence-corrected chi connectivity index (χ1v) is 18.6. The Balaban J connectivity index is 1.46. The van der Waals surface area contributed by atoms with Crippen LogP contribution in [0.15, 0.2) is 83.3 Å². The zero-order valence-corrected chi connectivity index (χ0v) is 29.8. The number of benzene rings is 4. The van der Waals surface area contributed by atoms with Gasteiger partial charge >= 0.3 is 0 Å². The Kier molecular flexibility index (Phi) is 9.43. The number of Topliss-reactive ketones (excluding diaryl/α,β-unsaturated/α-hetero) is 2. The van der Waals surface area contributed by atoms with Crippen LogP contribution in [-0.4, -0.2) is 39.9 Å². The minimum absolute atomic E-state index is 0.0472. The molecule has 0 radical (unpaired) electrons. The molecule has 1 aromatic heterocycles. The summed E-state index contributed by atoms with van der Waals surface area (Å²) in [4.78, 5) is 27.4. The number of methoxy groups -OCH3 is 1. The van der Waals surface area contributed by atoms with Gasteiger partial charge in [-0.1, -0.05) is 61.0 Å². The van der Waals surface area contributed by atoms with Crippen LogP contribution in [0.5, 0.6) is 5.75 Å². The van der Waals surface area contributed by atoms with Crippen LogP contribution in [0.2, 0.25) is 0 Å². The second-order valence-electron chi connectivity index (χ2n) is 13.1. The van der Waals surface area contributed by atoms with Crippen LogP contribution in [0, 0.1) is 23.7 Å². The van der Waals surface area contributed by atoms with Crippen molar-refractivity contribution in [3.05, 3.63) is 107 Å². The molecule has 0 spiro atoms. The summed E-state index contributed by atoms with van der Waals surface area (Å²) in [5.74, 6) is 0.918. The molecule has 5 aromatic rings. The molecule has 0 amide bonds. The number of carbonyl (C=O) groups is 2. The van der Waals surface area contributed by atoms with E-state index in [1.54, 1.807) is 51.3 Å². The number of anilines is 1. The topological polar surface area (TPSA) is 118 Å². The number of rotatable bonds is 11. The monoisotopic (exact) mass is 688 g/mol. The number of nitriles is 1. The van der Waals surface area contributed by atoms with Crippen LogP contribution < -0.4 is 9.04 Å². The van der Waals surface area contributed by atoms with E-state index in [2.05, 4.69) is 6.07 Å². The summed E-state index contributed by atoms with van der Waals surface area (Å²) in [7, 11) is -2.10. The smallest absolute Gasteiger partial charge is 0.232 e. The zero-order valence-electron chi connectivity index (χ0n) is 29.0. The fourth-order valence-electron chi connectivity index (χ4n) is 7.03. The lowest BCUT2D eigenvalue weighted by molar-refractivity contribution is 0.0930. The Morgan fingerprint density at radius 2 is 1.72 bits per heavy atom. The van der Waals surface area contributed by atoms with E-state index in [1.807, 2.05) is 55.5 Å². The van der Waals surface area contributed by atoms with Crippen LogP contribution in [0.4, 0.5) is 5.69 Å². The number of furan rings is 1. The van der Waals surface area contributed by atoms with Crippen molar-refractivity contribution >= 4 is 38.2 Å². The van der Waals surface area contributed by atoms with Gasteiger partial charge in [0.25, 0.3) is 0 Å². The van der Waals surface area contributed by atoms with E-state index in [4.69, 9.17) is 9.15 Å². The maximum atomic E-state index is 13.9. The molecular weight excluding hydrogens is 649 g/mol. The van der Waals surface area contributed by atoms with Gasteiger partial charge in [0, 0.05) is 47.5 Å². The molecule has 50 heavy (non-hydrogen) atoms. The third kappa shape index (κ3) is 6.56.